The first-order valence-corrected chi connectivity index (χ1v) is 10.2. The number of hydrogen-bond donors (Lipinski definition) is 2. The molecule has 2 N–H and O–H groups in total. The fourth-order valence-electron chi connectivity index (χ4n) is 3.61. The number of aromatic nitrogens is 3. The SMILES string of the molecule is O=C(NCc1ccccc1)c1cn(C[C@@H]2C[C@H](F)CN2C(=O)Nc2ccccc2F)nn1. The number of carbonyl (C=O) groups is 2. The highest BCUT2D eigenvalue weighted by Crippen LogP contribution is 2.23. The van der Waals surface area contributed by atoms with E-state index in [2.05, 4.69) is 20.9 Å². The molecule has 2 atom stereocenters. The van der Waals surface area contributed by atoms with Crippen molar-refractivity contribution in [2.45, 2.75) is 31.7 Å². The third-order valence-corrected chi connectivity index (χ3v) is 5.20. The second kappa shape index (κ2) is 9.54. The first-order chi connectivity index (χ1) is 15.5. The molecule has 1 saturated heterocycles. The van der Waals surface area contributed by atoms with Gasteiger partial charge >= 0.3 is 6.03 Å². The highest BCUT2D eigenvalue weighted by molar-refractivity contribution is 5.91. The molecule has 10 heteroatoms. The van der Waals surface area contributed by atoms with Gasteiger partial charge in [-0.1, -0.05) is 47.7 Å². The normalized spacial score (nSPS) is 17.9. The smallest absolute Gasteiger partial charge is 0.322 e. The van der Waals surface area contributed by atoms with Crippen LogP contribution in [0.1, 0.15) is 22.5 Å². The van der Waals surface area contributed by atoms with E-state index in [0.717, 1.165) is 5.56 Å². The fourth-order valence-corrected chi connectivity index (χ4v) is 3.61. The molecular weight excluding hydrogens is 418 g/mol. The van der Waals surface area contributed by atoms with Crippen LogP contribution < -0.4 is 10.6 Å². The van der Waals surface area contributed by atoms with Gasteiger partial charge in [-0.2, -0.15) is 0 Å². The molecule has 0 bridgehead atoms. The Hall–Kier alpha value is -3.82. The topological polar surface area (TPSA) is 92.2 Å². The Kier molecular flexibility index (Phi) is 6.39. The minimum absolute atomic E-state index is 0.0247. The second-order valence-corrected chi connectivity index (χ2v) is 7.54. The number of hydrogen-bond acceptors (Lipinski definition) is 4. The molecule has 0 spiro atoms. The highest BCUT2D eigenvalue weighted by atomic mass is 19.1. The van der Waals surface area contributed by atoms with Gasteiger partial charge in [-0.05, 0) is 17.7 Å². The molecule has 1 aliphatic rings. The summed E-state index contributed by atoms with van der Waals surface area (Å²) in [7, 11) is 0. The number of amides is 3. The second-order valence-electron chi connectivity index (χ2n) is 7.54. The van der Waals surface area contributed by atoms with Crippen LogP contribution in [0.5, 0.6) is 0 Å². The number of likely N-dealkylation sites (tertiary alicyclic amines) is 1. The third-order valence-electron chi connectivity index (χ3n) is 5.20. The summed E-state index contributed by atoms with van der Waals surface area (Å²) >= 11 is 0. The Bertz CT molecular complexity index is 1090. The molecule has 0 radical (unpaired) electrons. The number of para-hydroxylation sites is 1. The Balaban J connectivity index is 1.37. The van der Waals surface area contributed by atoms with E-state index in [1.165, 1.54) is 34.0 Å². The zero-order chi connectivity index (χ0) is 22.5. The summed E-state index contributed by atoms with van der Waals surface area (Å²) < 4.78 is 29.3. The highest BCUT2D eigenvalue weighted by Gasteiger charge is 2.36. The molecule has 8 nitrogen and oxygen atoms in total. The first kappa shape index (κ1) is 21.4. The van der Waals surface area contributed by atoms with Crippen LogP contribution in [-0.4, -0.2) is 50.6 Å². The fraction of sp³-hybridized carbons (Fsp3) is 0.273. The van der Waals surface area contributed by atoms with E-state index in [1.54, 1.807) is 6.07 Å². The number of nitrogens with one attached hydrogen (secondary N) is 2. The van der Waals surface area contributed by atoms with Crippen LogP contribution in [0.3, 0.4) is 0 Å². The van der Waals surface area contributed by atoms with Gasteiger partial charge in [-0.15, -0.1) is 5.10 Å². The van der Waals surface area contributed by atoms with E-state index in [0.29, 0.717) is 6.54 Å². The predicted molar refractivity (Wildman–Crippen MR) is 113 cm³/mol. The molecule has 166 valence electrons. The lowest BCUT2D eigenvalue weighted by atomic mass is 10.2. The Morgan fingerprint density at radius 1 is 1.09 bits per heavy atom. The molecule has 2 aromatic carbocycles. The van der Waals surface area contributed by atoms with Gasteiger partial charge < -0.3 is 15.5 Å². The number of urea groups is 1. The number of anilines is 1. The Labute approximate surface area is 183 Å². The lowest BCUT2D eigenvalue weighted by Crippen LogP contribution is -2.41. The maximum Gasteiger partial charge on any atom is 0.322 e. The lowest BCUT2D eigenvalue weighted by molar-refractivity contribution is 0.0945. The van der Waals surface area contributed by atoms with Crippen molar-refractivity contribution in [1.29, 1.82) is 0 Å². The van der Waals surface area contributed by atoms with Gasteiger partial charge in [0.05, 0.1) is 31.0 Å². The first-order valence-electron chi connectivity index (χ1n) is 10.2. The lowest BCUT2D eigenvalue weighted by Gasteiger charge is -2.24. The van der Waals surface area contributed by atoms with Gasteiger partial charge in [-0.3, -0.25) is 4.79 Å². The molecule has 0 aliphatic carbocycles. The van der Waals surface area contributed by atoms with Crippen molar-refractivity contribution in [3.05, 3.63) is 77.9 Å². The van der Waals surface area contributed by atoms with Crippen LogP contribution in [0.4, 0.5) is 19.3 Å². The summed E-state index contributed by atoms with van der Waals surface area (Å²) in [5, 5.41) is 13.1. The van der Waals surface area contributed by atoms with Crippen molar-refractivity contribution in [1.82, 2.24) is 25.2 Å². The Morgan fingerprint density at radius 2 is 1.84 bits per heavy atom. The van der Waals surface area contributed by atoms with Gasteiger partial charge in [0, 0.05) is 13.0 Å². The molecule has 4 rings (SSSR count). The number of carbonyl (C=O) groups excluding carboxylic acids is 2. The van der Waals surface area contributed by atoms with Crippen LogP contribution in [0.15, 0.2) is 60.8 Å². The molecular formula is C22H22F2N6O2. The van der Waals surface area contributed by atoms with Crippen molar-refractivity contribution in [2.75, 3.05) is 11.9 Å². The summed E-state index contributed by atoms with van der Waals surface area (Å²) in [5.74, 6) is -0.958. The van der Waals surface area contributed by atoms with E-state index in [-0.39, 0.29) is 36.8 Å². The van der Waals surface area contributed by atoms with Crippen LogP contribution in [0.25, 0.3) is 0 Å². The van der Waals surface area contributed by atoms with Crippen LogP contribution >= 0.6 is 0 Å². The monoisotopic (exact) mass is 440 g/mol. The average molecular weight is 440 g/mol. The van der Waals surface area contributed by atoms with Crippen molar-refractivity contribution in [3.8, 4) is 0 Å². The summed E-state index contributed by atoms with van der Waals surface area (Å²) in [6, 6.07) is 14.1. The standard InChI is InChI=1S/C22H22F2N6O2/c23-16-10-17(30(12-16)22(32)26-19-9-5-4-8-18(19)24)13-29-14-20(27-28-29)21(31)25-11-15-6-2-1-3-7-15/h1-9,14,16-17H,10-13H2,(H,25,31)(H,26,32)/t16-,17-/m0/s1. The zero-order valence-corrected chi connectivity index (χ0v) is 17.1. The van der Waals surface area contributed by atoms with E-state index < -0.39 is 24.1 Å². The third kappa shape index (κ3) is 5.08. The quantitative estimate of drug-likeness (QED) is 0.617. The van der Waals surface area contributed by atoms with Crippen molar-refractivity contribution >= 4 is 17.6 Å². The number of halogens is 2. The molecule has 1 aliphatic heterocycles. The number of alkyl halides is 1. The van der Waals surface area contributed by atoms with Gasteiger partial charge in [0.25, 0.3) is 5.91 Å². The van der Waals surface area contributed by atoms with Crippen LogP contribution in [-0.2, 0) is 13.1 Å². The minimum Gasteiger partial charge on any atom is -0.347 e. The van der Waals surface area contributed by atoms with E-state index in [4.69, 9.17) is 0 Å². The van der Waals surface area contributed by atoms with Gasteiger partial charge in [0.2, 0.25) is 0 Å². The Morgan fingerprint density at radius 3 is 2.62 bits per heavy atom. The van der Waals surface area contributed by atoms with E-state index in [9.17, 15) is 18.4 Å². The minimum atomic E-state index is -1.21. The van der Waals surface area contributed by atoms with E-state index in [1.807, 2.05) is 30.3 Å². The average Bonchev–Trinajstić information content (AvgIpc) is 3.41. The van der Waals surface area contributed by atoms with Crippen molar-refractivity contribution in [2.24, 2.45) is 0 Å². The number of nitrogens with zero attached hydrogens (tertiary/aromatic N) is 4. The maximum absolute atomic E-state index is 14.1. The summed E-state index contributed by atoms with van der Waals surface area (Å²) in [6.07, 6.45) is 0.363. The summed E-state index contributed by atoms with van der Waals surface area (Å²) in [4.78, 5) is 26.3. The predicted octanol–water partition coefficient (Wildman–Crippen LogP) is 2.99. The number of benzene rings is 2. The zero-order valence-electron chi connectivity index (χ0n) is 17.1. The van der Waals surface area contributed by atoms with Crippen molar-refractivity contribution < 1.29 is 18.4 Å². The van der Waals surface area contributed by atoms with Crippen molar-refractivity contribution in [3.63, 3.8) is 0 Å². The van der Waals surface area contributed by atoms with Crippen LogP contribution in [0.2, 0.25) is 0 Å². The molecule has 0 saturated carbocycles. The van der Waals surface area contributed by atoms with Gasteiger partial charge in [0.15, 0.2) is 5.69 Å². The number of rotatable bonds is 6. The largest absolute Gasteiger partial charge is 0.347 e. The molecule has 32 heavy (non-hydrogen) atoms. The van der Waals surface area contributed by atoms with Gasteiger partial charge in [-0.25, -0.2) is 18.3 Å². The van der Waals surface area contributed by atoms with E-state index >= 15 is 0 Å². The summed E-state index contributed by atoms with van der Waals surface area (Å²) in [6.45, 7) is 0.400. The molecule has 1 aromatic heterocycles. The molecule has 2 heterocycles. The molecule has 3 aromatic rings. The summed E-state index contributed by atoms with van der Waals surface area (Å²) in [5.41, 5.74) is 1.10. The molecule has 1 fully saturated rings. The molecule has 0 unspecified atom stereocenters. The maximum atomic E-state index is 14.1. The molecule has 3 amide bonds. The van der Waals surface area contributed by atoms with Crippen LogP contribution in [0, 0.1) is 5.82 Å². The van der Waals surface area contributed by atoms with Gasteiger partial charge in [0.1, 0.15) is 12.0 Å².